The van der Waals surface area contributed by atoms with E-state index < -0.39 is 0 Å². The topological polar surface area (TPSA) is 64.3 Å². The molecule has 1 aromatic rings. The lowest BCUT2D eigenvalue weighted by Gasteiger charge is -2.21. The fraction of sp³-hybridized carbons (Fsp3) is 0.556. The van der Waals surface area contributed by atoms with Crippen molar-refractivity contribution in [3.05, 3.63) is 12.4 Å². The number of likely N-dealkylation sites (N-methyl/N-ethyl adjacent to an activating group) is 1. The van der Waals surface area contributed by atoms with Gasteiger partial charge in [0.15, 0.2) is 5.82 Å². The predicted molar refractivity (Wildman–Crippen MR) is 55.5 cm³/mol. The smallest absolute Gasteiger partial charge is 0.257 e. The Hall–Kier alpha value is -1.36. The van der Waals surface area contributed by atoms with E-state index in [2.05, 4.69) is 9.97 Å². The van der Waals surface area contributed by atoms with Gasteiger partial charge in [0.05, 0.1) is 7.11 Å². The highest BCUT2D eigenvalue weighted by Gasteiger charge is 2.11. The van der Waals surface area contributed by atoms with E-state index in [9.17, 15) is 0 Å². The third-order valence-corrected chi connectivity index (χ3v) is 1.92. The van der Waals surface area contributed by atoms with Crippen LogP contribution in [0.15, 0.2) is 12.4 Å². The Morgan fingerprint density at radius 1 is 1.43 bits per heavy atom. The van der Waals surface area contributed by atoms with Gasteiger partial charge >= 0.3 is 0 Å². The maximum Gasteiger partial charge on any atom is 0.257 e. The Labute approximate surface area is 83.9 Å². The Kier molecular flexibility index (Phi) is 4.12. The van der Waals surface area contributed by atoms with Gasteiger partial charge in [0.2, 0.25) is 0 Å². The van der Waals surface area contributed by atoms with E-state index in [0.29, 0.717) is 12.4 Å². The lowest BCUT2D eigenvalue weighted by Crippen LogP contribution is -2.30. The molecular formula is C9H16N4O. The number of hydrogen-bond donors (Lipinski definition) is 1. The molecule has 0 aliphatic rings. The van der Waals surface area contributed by atoms with E-state index in [1.165, 1.54) is 0 Å². The largest absolute Gasteiger partial charge is 0.478 e. The summed E-state index contributed by atoms with van der Waals surface area (Å²) in [5.41, 5.74) is 5.50. The standard InChI is InChI=1S/C9H16N4O/c1-3-13(7-4-10)8-9(14-2)12-6-5-11-8/h5-6H,3-4,7,10H2,1-2H3. The summed E-state index contributed by atoms with van der Waals surface area (Å²) in [6, 6.07) is 0. The van der Waals surface area contributed by atoms with Crippen molar-refractivity contribution in [3.63, 3.8) is 0 Å². The fourth-order valence-electron chi connectivity index (χ4n) is 1.25. The van der Waals surface area contributed by atoms with Crippen molar-refractivity contribution >= 4 is 5.82 Å². The molecule has 5 heteroatoms. The molecule has 78 valence electrons. The Morgan fingerprint density at radius 2 is 2.14 bits per heavy atom. The summed E-state index contributed by atoms with van der Waals surface area (Å²) in [4.78, 5) is 10.3. The van der Waals surface area contributed by atoms with Gasteiger partial charge in [-0.25, -0.2) is 9.97 Å². The van der Waals surface area contributed by atoms with E-state index in [-0.39, 0.29) is 0 Å². The number of aromatic nitrogens is 2. The van der Waals surface area contributed by atoms with Gasteiger partial charge in [0.25, 0.3) is 5.88 Å². The average Bonchev–Trinajstić information content (AvgIpc) is 2.26. The third kappa shape index (κ3) is 2.32. The first-order valence-electron chi connectivity index (χ1n) is 4.63. The van der Waals surface area contributed by atoms with Crippen LogP contribution in [0.2, 0.25) is 0 Å². The van der Waals surface area contributed by atoms with Crippen LogP contribution in [0, 0.1) is 0 Å². The van der Waals surface area contributed by atoms with Gasteiger partial charge in [-0.1, -0.05) is 0 Å². The summed E-state index contributed by atoms with van der Waals surface area (Å²) >= 11 is 0. The summed E-state index contributed by atoms with van der Waals surface area (Å²) in [6.07, 6.45) is 3.26. The molecule has 0 spiro atoms. The highest BCUT2D eigenvalue weighted by molar-refractivity contribution is 5.47. The first-order valence-corrected chi connectivity index (χ1v) is 4.63. The maximum atomic E-state index is 5.50. The number of hydrogen-bond acceptors (Lipinski definition) is 5. The minimum absolute atomic E-state index is 0.544. The Morgan fingerprint density at radius 3 is 2.71 bits per heavy atom. The molecule has 0 amide bonds. The van der Waals surface area contributed by atoms with Crippen LogP contribution in [0.4, 0.5) is 5.82 Å². The minimum atomic E-state index is 0.544. The van der Waals surface area contributed by atoms with Gasteiger partial charge in [-0.15, -0.1) is 0 Å². The molecule has 0 aliphatic heterocycles. The van der Waals surface area contributed by atoms with Crippen molar-refractivity contribution in [2.24, 2.45) is 5.73 Å². The molecule has 1 rings (SSSR count). The highest BCUT2D eigenvalue weighted by atomic mass is 16.5. The molecule has 0 saturated carbocycles. The molecule has 1 aromatic heterocycles. The predicted octanol–water partition coefficient (Wildman–Crippen LogP) is 0.270. The van der Waals surface area contributed by atoms with Gasteiger partial charge in [-0.3, -0.25) is 0 Å². The number of anilines is 1. The molecule has 0 bridgehead atoms. The molecule has 2 N–H and O–H groups in total. The summed E-state index contributed by atoms with van der Waals surface area (Å²) in [6.45, 7) is 4.23. The van der Waals surface area contributed by atoms with E-state index in [1.807, 2.05) is 11.8 Å². The quantitative estimate of drug-likeness (QED) is 0.732. The van der Waals surface area contributed by atoms with E-state index in [4.69, 9.17) is 10.5 Å². The van der Waals surface area contributed by atoms with Crippen molar-refractivity contribution in [1.29, 1.82) is 0 Å². The molecule has 0 aromatic carbocycles. The van der Waals surface area contributed by atoms with E-state index in [1.54, 1.807) is 19.5 Å². The molecule has 1 heterocycles. The van der Waals surface area contributed by atoms with Crippen LogP contribution in [0.1, 0.15) is 6.92 Å². The van der Waals surface area contributed by atoms with Crippen LogP contribution in [-0.2, 0) is 0 Å². The van der Waals surface area contributed by atoms with Crippen LogP contribution in [0.25, 0.3) is 0 Å². The molecule has 0 saturated heterocycles. The molecule has 0 radical (unpaired) electrons. The molecule has 0 unspecified atom stereocenters. The van der Waals surface area contributed by atoms with Gasteiger partial charge in [-0.2, -0.15) is 0 Å². The summed E-state index contributed by atoms with van der Waals surface area (Å²) in [5, 5.41) is 0. The summed E-state index contributed by atoms with van der Waals surface area (Å²) in [5.74, 6) is 1.30. The van der Waals surface area contributed by atoms with Crippen molar-refractivity contribution in [2.75, 3.05) is 31.6 Å². The molecular weight excluding hydrogens is 180 g/mol. The first kappa shape index (κ1) is 10.7. The zero-order valence-corrected chi connectivity index (χ0v) is 8.60. The number of nitrogens with two attached hydrogens (primary N) is 1. The number of methoxy groups -OCH3 is 1. The van der Waals surface area contributed by atoms with Gasteiger partial charge < -0.3 is 15.4 Å². The van der Waals surface area contributed by atoms with Crippen LogP contribution in [0.5, 0.6) is 5.88 Å². The molecule has 0 fully saturated rings. The van der Waals surface area contributed by atoms with Crippen molar-refractivity contribution < 1.29 is 4.74 Å². The summed E-state index contributed by atoms with van der Waals surface area (Å²) in [7, 11) is 1.59. The molecule has 0 atom stereocenters. The Balaban J connectivity index is 2.90. The second kappa shape index (κ2) is 5.39. The number of rotatable bonds is 5. The average molecular weight is 196 g/mol. The number of nitrogens with zero attached hydrogens (tertiary/aromatic N) is 3. The van der Waals surface area contributed by atoms with E-state index >= 15 is 0 Å². The molecule has 0 aliphatic carbocycles. The first-order chi connectivity index (χ1) is 6.83. The number of ether oxygens (including phenoxy) is 1. The lowest BCUT2D eigenvalue weighted by atomic mass is 10.4. The zero-order chi connectivity index (χ0) is 10.4. The second-order valence-corrected chi connectivity index (χ2v) is 2.76. The SMILES string of the molecule is CCN(CCN)c1nccnc1OC. The van der Waals surface area contributed by atoms with Crippen LogP contribution in [0.3, 0.4) is 0 Å². The van der Waals surface area contributed by atoms with Crippen LogP contribution < -0.4 is 15.4 Å². The fourth-order valence-corrected chi connectivity index (χ4v) is 1.25. The van der Waals surface area contributed by atoms with Gasteiger partial charge in [-0.05, 0) is 6.92 Å². The van der Waals surface area contributed by atoms with Crippen molar-refractivity contribution in [2.45, 2.75) is 6.92 Å². The molecule has 14 heavy (non-hydrogen) atoms. The third-order valence-electron chi connectivity index (χ3n) is 1.92. The second-order valence-electron chi connectivity index (χ2n) is 2.76. The Bertz CT molecular complexity index is 279. The minimum Gasteiger partial charge on any atom is -0.478 e. The van der Waals surface area contributed by atoms with Crippen LogP contribution >= 0.6 is 0 Å². The van der Waals surface area contributed by atoms with Crippen molar-refractivity contribution in [1.82, 2.24) is 9.97 Å². The van der Waals surface area contributed by atoms with E-state index in [0.717, 1.165) is 18.9 Å². The monoisotopic (exact) mass is 196 g/mol. The van der Waals surface area contributed by atoms with Gasteiger partial charge in [0.1, 0.15) is 0 Å². The van der Waals surface area contributed by atoms with Crippen molar-refractivity contribution in [3.8, 4) is 5.88 Å². The van der Waals surface area contributed by atoms with Gasteiger partial charge in [0, 0.05) is 32.0 Å². The highest BCUT2D eigenvalue weighted by Crippen LogP contribution is 2.20. The maximum absolute atomic E-state index is 5.50. The lowest BCUT2D eigenvalue weighted by molar-refractivity contribution is 0.395. The molecule has 5 nitrogen and oxygen atoms in total. The van der Waals surface area contributed by atoms with Crippen LogP contribution in [-0.4, -0.2) is 36.7 Å². The normalized spacial score (nSPS) is 9.93. The zero-order valence-electron chi connectivity index (χ0n) is 8.60. The summed E-state index contributed by atoms with van der Waals surface area (Å²) < 4.78 is 5.12.